The summed E-state index contributed by atoms with van der Waals surface area (Å²) >= 11 is 0. The van der Waals surface area contributed by atoms with E-state index in [1.807, 2.05) is 0 Å². The fraction of sp³-hybridized carbons (Fsp3) is 1.00. The molecule has 1 saturated carbocycles. The Morgan fingerprint density at radius 3 is 2.08 bits per heavy atom. The van der Waals surface area contributed by atoms with Gasteiger partial charge in [-0.3, -0.25) is 0 Å². The molecule has 1 fully saturated rings. The summed E-state index contributed by atoms with van der Waals surface area (Å²) in [6.45, 7) is 1.37. The predicted molar refractivity (Wildman–Crippen MR) is 54.1 cm³/mol. The highest BCUT2D eigenvalue weighted by Crippen LogP contribution is 2.26. The second-order valence-electron chi connectivity index (χ2n) is 3.86. The van der Waals surface area contributed by atoms with Crippen LogP contribution < -0.4 is 5.73 Å². The minimum Gasteiger partial charge on any atom is -0.371 e. The molecule has 1 atom stereocenters. The van der Waals surface area contributed by atoms with Crippen molar-refractivity contribution in [2.75, 3.05) is 6.79 Å². The fourth-order valence-corrected chi connectivity index (χ4v) is 1.95. The third-order valence-electron chi connectivity index (χ3n) is 2.43. The van der Waals surface area contributed by atoms with Crippen molar-refractivity contribution >= 4 is 0 Å². The van der Waals surface area contributed by atoms with Crippen molar-refractivity contribution in [3.63, 3.8) is 0 Å². The molecule has 1 unspecified atom stereocenters. The molecule has 0 aromatic rings. The van der Waals surface area contributed by atoms with Gasteiger partial charge in [-0.25, -0.2) is 0 Å². The molecule has 0 aromatic carbocycles. The first-order chi connectivity index (χ1) is 6.20. The molecule has 0 bridgehead atoms. The summed E-state index contributed by atoms with van der Waals surface area (Å²) in [7, 11) is 0. The number of aliphatic hydroxyl groups excluding tert-OH is 1. The lowest BCUT2D eigenvalue weighted by molar-refractivity contribution is 0.0773. The Balaban J connectivity index is 0.000000424. The third kappa shape index (κ3) is 8.22. The van der Waals surface area contributed by atoms with Crippen molar-refractivity contribution < 1.29 is 10.2 Å². The van der Waals surface area contributed by atoms with E-state index in [1.54, 1.807) is 0 Å². The molecule has 80 valence electrons. The molecule has 1 aliphatic rings. The van der Waals surface area contributed by atoms with Crippen LogP contribution in [0.25, 0.3) is 0 Å². The first-order valence-corrected chi connectivity index (χ1v) is 5.18. The maximum absolute atomic E-state index is 7.12. The second-order valence-corrected chi connectivity index (χ2v) is 3.86. The summed E-state index contributed by atoms with van der Waals surface area (Å²) in [6.07, 6.45) is 8.45. The van der Waals surface area contributed by atoms with Gasteiger partial charge in [-0.2, -0.15) is 0 Å². The molecule has 4 N–H and O–H groups in total. The Morgan fingerprint density at radius 2 is 1.69 bits per heavy atom. The van der Waals surface area contributed by atoms with Gasteiger partial charge < -0.3 is 15.9 Å². The van der Waals surface area contributed by atoms with Crippen LogP contribution in [0.5, 0.6) is 0 Å². The highest BCUT2D eigenvalue weighted by atomic mass is 16.5. The van der Waals surface area contributed by atoms with E-state index >= 15 is 0 Å². The minimum atomic E-state index is -0.750. The summed E-state index contributed by atoms with van der Waals surface area (Å²) in [4.78, 5) is 0. The lowest BCUT2D eigenvalue weighted by Crippen LogP contribution is -2.20. The molecule has 3 heteroatoms. The summed E-state index contributed by atoms with van der Waals surface area (Å²) < 4.78 is 0. The number of aliphatic hydroxyl groups is 2. The van der Waals surface area contributed by atoms with Crippen LogP contribution in [-0.4, -0.2) is 23.0 Å². The zero-order valence-electron chi connectivity index (χ0n) is 8.58. The topological polar surface area (TPSA) is 66.5 Å². The number of nitrogens with two attached hydrogens (primary N) is 1. The van der Waals surface area contributed by atoms with Crippen LogP contribution in [0.15, 0.2) is 0 Å². The maximum atomic E-state index is 7.12. The molecule has 3 nitrogen and oxygen atoms in total. The van der Waals surface area contributed by atoms with Crippen LogP contribution in [0, 0.1) is 5.92 Å². The monoisotopic (exact) mass is 189 g/mol. The van der Waals surface area contributed by atoms with Gasteiger partial charge in [0.05, 0.1) is 0 Å². The van der Waals surface area contributed by atoms with Gasteiger partial charge >= 0.3 is 0 Å². The van der Waals surface area contributed by atoms with E-state index in [2.05, 4.69) is 6.92 Å². The zero-order valence-corrected chi connectivity index (χ0v) is 8.58. The first kappa shape index (κ1) is 12.9. The molecule has 1 rings (SSSR count). The van der Waals surface area contributed by atoms with Gasteiger partial charge in [-0.05, 0) is 19.3 Å². The highest BCUT2D eigenvalue weighted by molar-refractivity contribution is 4.69. The van der Waals surface area contributed by atoms with Crippen LogP contribution in [0.2, 0.25) is 0 Å². The van der Waals surface area contributed by atoms with Gasteiger partial charge in [0.2, 0.25) is 0 Å². The molecule has 1 aliphatic carbocycles. The Hall–Kier alpha value is -0.120. The van der Waals surface area contributed by atoms with Crippen LogP contribution in [0.1, 0.15) is 45.4 Å². The Labute approximate surface area is 81.0 Å². The lowest BCUT2D eigenvalue weighted by Gasteiger charge is -2.22. The zero-order chi connectivity index (χ0) is 10.1. The SMILES string of the molecule is CC(N)CC1CCCCC1.OCO. The summed E-state index contributed by atoms with van der Waals surface area (Å²) in [6, 6.07) is 0.420. The van der Waals surface area contributed by atoms with Crippen LogP contribution in [-0.2, 0) is 0 Å². The summed E-state index contributed by atoms with van der Waals surface area (Å²) in [5.41, 5.74) is 5.72. The van der Waals surface area contributed by atoms with E-state index in [4.69, 9.17) is 15.9 Å². The van der Waals surface area contributed by atoms with Crippen LogP contribution in [0.4, 0.5) is 0 Å². The lowest BCUT2D eigenvalue weighted by atomic mass is 9.85. The third-order valence-corrected chi connectivity index (χ3v) is 2.43. The highest BCUT2D eigenvalue weighted by Gasteiger charge is 2.13. The van der Waals surface area contributed by atoms with E-state index in [-0.39, 0.29) is 0 Å². The van der Waals surface area contributed by atoms with E-state index in [0.29, 0.717) is 6.04 Å². The Morgan fingerprint density at radius 1 is 1.23 bits per heavy atom. The Bertz CT molecular complexity index is 101. The van der Waals surface area contributed by atoms with E-state index in [0.717, 1.165) is 5.92 Å². The minimum absolute atomic E-state index is 0.420. The summed E-state index contributed by atoms with van der Waals surface area (Å²) in [5.74, 6) is 0.953. The molecule has 0 heterocycles. The smallest absolute Gasteiger partial charge is 0.140 e. The van der Waals surface area contributed by atoms with Crippen LogP contribution >= 0.6 is 0 Å². The van der Waals surface area contributed by atoms with Gasteiger partial charge in [0, 0.05) is 6.04 Å². The average Bonchev–Trinajstić information content (AvgIpc) is 2.06. The molecule has 13 heavy (non-hydrogen) atoms. The van der Waals surface area contributed by atoms with Crippen molar-refractivity contribution in [1.29, 1.82) is 0 Å². The molecule has 0 radical (unpaired) electrons. The van der Waals surface area contributed by atoms with Gasteiger partial charge in [-0.1, -0.05) is 32.1 Å². The predicted octanol–water partition coefficient (Wildman–Crippen LogP) is 1.23. The van der Waals surface area contributed by atoms with Gasteiger partial charge in [0.15, 0.2) is 0 Å². The summed E-state index contributed by atoms with van der Waals surface area (Å²) in [5, 5.41) is 14.2. The largest absolute Gasteiger partial charge is 0.371 e. The fourth-order valence-electron chi connectivity index (χ4n) is 1.95. The number of hydrogen-bond donors (Lipinski definition) is 3. The second kappa shape index (κ2) is 8.48. The van der Waals surface area contributed by atoms with E-state index in [1.165, 1.54) is 38.5 Å². The van der Waals surface area contributed by atoms with Gasteiger partial charge in [0.25, 0.3) is 0 Å². The average molecular weight is 189 g/mol. The number of hydrogen-bond acceptors (Lipinski definition) is 3. The van der Waals surface area contributed by atoms with Crippen LogP contribution in [0.3, 0.4) is 0 Å². The Kier molecular flexibility index (Phi) is 8.40. The molecule has 0 aliphatic heterocycles. The molecular formula is C10H23NO2. The number of rotatable bonds is 2. The molecule has 0 aromatic heterocycles. The van der Waals surface area contributed by atoms with E-state index < -0.39 is 6.79 Å². The first-order valence-electron chi connectivity index (χ1n) is 5.18. The molecular weight excluding hydrogens is 166 g/mol. The normalized spacial score (nSPS) is 20.3. The van der Waals surface area contributed by atoms with Gasteiger partial charge in [0.1, 0.15) is 6.79 Å². The van der Waals surface area contributed by atoms with Gasteiger partial charge in [-0.15, -0.1) is 0 Å². The maximum Gasteiger partial charge on any atom is 0.140 e. The van der Waals surface area contributed by atoms with Crippen molar-refractivity contribution in [3.05, 3.63) is 0 Å². The molecule has 0 amide bonds. The van der Waals surface area contributed by atoms with Crippen molar-refractivity contribution in [2.45, 2.75) is 51.5 Å². The van der Waals surface area contributed by atoms with E-state index in [9.17, 15) is 0 Å². The quantitative estimate of drug-likeness (QED) is 0.572. The van der Waals surface area contributed by atoms with Crippen molar-refractivity contribution in [2.24, 2.45) is 11.7 Å². The van der Waals surface area contributed by atoms with Crippen molar-refractivity contribution in [1.82, 2.24) is 0 Å². The standard InChI is InChI=1S/C9H19N.CH4O2/c1-8(10)7-9-5-3-2-4-6-9;2-1-3/h8-9H,2-7,10H2,1H3;2-3H,1H2. The molecule has 0 saturated heterocycles. The molecule has 0 spiro atoms. The van der Waals surface area contributed by atoms with Crippen molar-refractivity contribution in [3.8, 4) is 0 Å².